The summed E-state index contributed by atoms with van der Waals surface area (Å²) in [6.45, 7) is 3.31. The Morgan fingerprint density at radius 2 is 2.37 bits per heavy atom. The van der Waals surface area contributed by atoms with Crippen molar-refractivity contribution in [1.82, 2.24) is 9.55 Å². The van der Waals surface area contributed by atoms with Gasteiger partial charge in [-0.1, -0.05) is 22.5 Å². The van der Waals surface area contributed by atoms with Gasteiger partial charge in [0.2, 0.25) is 0 Å². The summed E-state index contributed by atoms with van der Waals surface area (Å²) >= 11 is 3.17. The van der Waals surface area contributed by atoms with E-state index in [0.717, 1.165) is 4.57 Å². The second kappa shape index (κ2) is 5.04. The van der Waals surface area contributed by atoms with Crippen LogP contribution in [-0.2, 0) is 10.5 Å². The quantitative estimate of drug-likeness (QED) is 0.675. The van der Waals surface area contributed by atoms with Gasteiger partial charge in [0.15, 0.2) is 5.72 Å². The summed E-state index contributed by atoms with van der Waals surface area (Å²) in [5, 5.41) is 19.0. The highest BCUT2D eigenvalue weighted by molar-refractivity contribution is 9.11. The first-order valence-corrected chi connectivity index (χ1v) is 6.34. The van der Waals surface area contributed by atoms with Gasteiger partial charge in [0.05, 0.1) is 12.7 Å². The minimum absolute atomic E-state index is 0.0360. The zero-order chi connectivity index (χ0) is 14.2. The molecule has 7 nitrogen and oxygen atoms in total. The second-order valence-electron chi connectivity index (χ2n) is 4.28. The van der Waals surface area contributed by atoms with E-state index < -0.39 is 29.2 Å². The number of halogens is 1. The predicted octanol–water partition coefficient (Wildman–Crippen LogP) is -0.760. The molecule has 2 heterocycles. The number of aliphatic hydroxyl groups is 2. The molecule has 0 amide bonds. The van der Waals surface area contributed by atoms with Crippen molar-refractivity contribution in [3.05, 3.63) is 44.2 Å². The van der Waals surface area contributed by atoms with Gasteiger partial charge < -0.3 is 14.9 Å². The van der Waals surface area contributed by atoms with E-state index in [9.17, 15) is 14.7 Å². The summed E-state index contributed by atoms with van der Waals surface area (Å²) in [5.74, 6) is 0. The lowest BCUT2D eigenvalue weighted by molar-refractivity contribution is -0.0909. The van der Waals surface area contributed by atoms with Crippen LogP contribution in [0.1, 0.15) is 6.42 Å². The highest BCUT2D eigenvalue weighted by atomic mass is 79.9. The van der Waals surface area contributed by atoms with Crippen molar-refractivity contribution in [3.63, 3.8) is 0 Å². The maximum Gasteiger partial charge on any atom is 0.330 e. The fraction of sp³-hybridized carbons (Fsp3) is 0.455. The fourth-order valence-corrected chi connectivity index (χ4v) is 2.56. The number of nitrogens with one attached hydrogen (secondary N) is 1. The molecule has 19 heavy (non-hydrogen) atoms. The number of hydrogen-bond acceptors (Lipinski definition) is 5. The third kappa shape index (κ3) is 2.32. The van der Waals surface area contributed by atoms with Crippen molar-refractivity contribution in [2.24, 2.45) is 0 Å². The molecule has 1 fully saturated rings. The first kappa shape index (κ1) is 14.2. The van der Waals surface area contributed by atoms with Gasteiger partial charge in [-0.25, -0.2) is 4.79 Å². The zero-order valence-electron chi connectivity index (χ0n) is 9.88. The summed E-state index contributed by atoms with van der Waals surface area (Å²) in [4.78, 5) is 25.1. The van der Waals surface area contributed by atoms with E-state index in [1.54, 1.807) is 0 Å². The predicted molar refractivity (Wildman–Crippen MR) is 69.9 cm³/mol. The third-order valence-electron chi connectivity index (χ3n) is 3.08. The topological polar surface area (TPSA) is 105 Å². The molecule has 1 aliphatic rings. The van der Waals surface area contributed by atoms with Gasteiger partial charge in [-0.15, -0.1) is 0 Å². The van der Waals surface area contributed by atoms with Crippen molar-refractivity contribution in [3.8, 4) is 0 Å². The van der Waals surface area contributed by atoms with Crippen LogP contribution in [0.25, 0.3) is 0 Å². The summed E-state index contributed by atoms with van der Waals surface area (Å²) in [7, 11) is 0. The molecule has 0 saturated carbocycles. The van der Waals surface area contributed by atoms with E-state index in [2.05, 4.69) is 27.5 Å². The summed E-state index contributed by atoms with van der Waals surface area (Å²) < 4.78 is 7.01. The van der Waals surface area contributed by atoms with Crippen molar-refractivity contribution >= 4 is 15.9 Å². The normalized spacial score (nSPS) is 30.5. The summed E-state index contributed by atoms with van der Waals surface area (Å²) in [6, 6.07) is 1.17. The van der Waals surface area contributed by atoms with E-state index in [1.165, 1.54) is 12.3 Å². The molecule has 1 saturated heterocycles. The molecule has 3 atom stereocenters. The van der Waals surface area contributed by atoms with Crippen molar-refractivity contribution < 1.29 is 14.9 Å². The lowest BCUT2D eigenvalue weighted by atomic mass is 10.1. The van der Waals surface area contributed by atoms with E-state index >= 15 is 0 Å². The van der Waals surface area contributed by atoms with Crippen LogP contribution in [0.5, 0.6) is 0 Å². The van der Waals surface area contributed by atoms with Crippen LogP contribution in [0, 0.1) is 0 Å². The molecular weight excluding hydrogens is 320 g/mol. The van der Waals surface area contributed by atoms with Gasteiger partial charge in [-0.3, -0.25) is 14.3 Å². The Morgan fingerprint density at radius 1 is 1.68 bits per heavy atom. The van der Waals surface area contributed by atoms with Gasteiger partial charge >= 0.3 is 5.69 Å². The van der Waals surface area contributed by atoms with Crippen LogP contribution in [0.15, 0.2) is 32.9 Å². The van der Waals surface area contributed by atoms with Gasteiger partial charge in [-0.2, -0.15) is 0 Å². The highest BCUT2D eigenvalue weighted by Crippen LogP contribution is 2.41. The molecule has 0 aromatic carbocycles. The Hall–Kier alpha value is -1.22. The van der Waals surface area contributed by atoms with E-state index in [0.29, 0.717) is 4.48 Å². The van der Waals surface area contributed by atoms with Gasteiger partial charge in [0.1, 0.15) is 6.10 Å². The molecule has 1 aliphatic heterocycles. The third-order valence-corrected chi connectivity index (χ3v) is 3.70. The Morgan fingerprint density at radius 3 is 2.84 bits per heavy atom. The minimum Gasteiger partial charge on any atom is -0.394 e. The van der Waals surface area contributed by atoms with Crippen molar-refractivity contribution in [2.45, 2.75) is 24.4 Å². The molecule has 0 bridgehead atoms. The van der Waals surface area contributed by atoms with E-state index in [4.69, 9.17) is 9.84 Å². The SMILES string of the molecule is C=C(Br)[C@]1(n2ccc(=O)[nH]c2=O)C[C@H](O)[C@@H](CO)O1. The van der Waals surface area contributed by atoms with Gasteiger partial charge in [0.25, 0.3) is 5.56 Å². The van der Waals surface area contributed by atoms with Crippen molar-refractivity contribution in [1.29, 1.82) is 0 Å². The van der Waals surface area contributed by atoms with Crippen LogP contribution >= 0.6 is 15.9 Å². The molecule has 1 aromatic rings. The van der Waals surface area contributed by atoms with E-state index in [1.807, 2.05) is 0 Å². The average Bonchev–Trinajstić information content (AvgIpc) is 2.67. The average molecular weight is 333 g/mol. The standard InChI is InChI=1S/C11H13BrN2O5/c1-6(12)11(4-7(16)8(5-15)19-11)14-3-2-9(17)13-10(14)18/h2-3,7-8,15-16H,1,4-5H2,(H,13,17,18)/t7-,8+,11-/m0/s1. The second-order valence-corrected chi connectivity index (χ2v) is 5.24. The number of aliphatic hydroxyl groups excluding tert-OH is 2. The fourth-order valence-electron chi connectivity index (χ4n) is 2.11. The Labute approximate surface area is 116 Å². The molecular formula is C11H13BrN2O5. The summed E-state index contributed by atoms with van der Waals surface area (Å²) in [6.07, 6.45) is -0.472. The molecule has 104 valence electrons. The van der Waals surface area contributed by atoms with Crippen LogP contribution < -0.4 is 11.2 Å². The van der Waals surface area contributed by atoms with Crippen molar-refractivity contribution in [2.75, 3.05) is 6.61 Å². The molecule has 2 rings (SSSR count). The molecule has 0 spiro atoms. The first-order chi connectivity index (χ1) is 8.90. The number of aromatic amines is 1. The monoisotopic (exact) mass is 332 g/mol. The van der Waals surface area contributed by atoms with Gasteiger partial charge in [0, 0.05) is 23.2 Å². The molecule has 0 unspecified atom stereocenters. The molecule has 0 aliphatic carbocycles. The zero-order valence-corrected chi connectivity index (χ0v) is 11.5. The molecule has 0 radical (unpaired) electrons. The van der Waals surface area contributed by atoms with Crippen LogP contribution in [0.2, 0.25) is 0 Å². The van der Waals surface area contributed by atoms with Crippen LogP contribution in [0.3, 0.4) is 0 Å². The number of H-pyrrole nitrogens is 1. The van der Waals surface area contributed by atoms with Gasteiger partial charge in [-0.05, 0) is 0 Å². The minimum atomic E-state index is -1.34. The number of aromatic nitrogens is 2. The Bertz CT molecular complexity index is 610. The number of rotatable bonds is 3. The number of hydrogen-bond donors (Lipinski definition) is 3. The lowest BCUT2D eigenvalue weighted by Gasteiger charge is -2.30. The van der Waals surface area contributed by atoms with Crippen LogP contribution in [0.4, 0.5) is 0 Å². The molecule has 1 aromatic heterocycles. The Kier molecular flexibility index (Phi) is 3.77. The molecule has 3 N–H and O–H groups in total. The maximum absolute atomic E-state index is 11.9. The first-order valence-electron chi connectivity index (χ1n) is 5.55. The number of nitrogens with zero attached hydrogens (tertiary/aromatic N) is 1. The largest absolute Gasteiger partial charge is 0.394 e. The van der Waals surface area contributed by atoms with E-state index in [-0.39, 0.29) is 13.0 Å². The maximum atomic E-state index is 11.9. The summed E-state index contributed by atoms with van der Waals surface area (Å²) in [5.41, 5.74) is -2.55. The highest BCUT2D eigenvalue weighted by Gasteiger charge is 2.49. The van der Waals surface area contributed by atoms with Crippen LogP contribution in [-0.4, -0.2) is 38.6 Å². The number of ether oxygens (including phenoxy) is 1. The lowest BCUT2D eigenvalue weighted by Crippen LogP contribution is -2.44. The Balaban J connectivity index is 2.56. The molecule has 8 heteroatoms. The smallest absolute Gasteiger partial charge is 0.330 e.